The highest BCUT2D eigenvalue weighted by molar-refractivity contribution is 5.04. The molecule has 0 spiro atoms. The van der Waals surface area contributed by atoms with Gasteiger partial charge in [-0.05, 0) is 120 Å². The Bertz CT molecular complexity index is 762. The van der Waals surface area contributed by atoms with Crippen molar-refractivity contribution in [2.24, 2.45) is 34.0 Å². The fraction of sp³-hybridized carbons (Fsp3) is 1.00. The van der Waals surface area contributed by atoms with Gasteiger partial charge >= 0.3 is 0 Å². The first-order valence-electron chi connectivity index (χ1n) is 18.9. The van der Waals surface area contributed by atoms with Crippen molar-refractivity contribution in [2.45, 2.75) is 217 Å². The van der Waals surface area contributed by atoms with Crippen molar-refractivity contribution < 1.29 is 0 Å². The minimum absolute atomic E-state index is 0.456. The third kappa shape index (κ3) is 11.6. The van der Waals surface area contributed by atoms with Crippen LogP contribution in [-0.4, -0.2) is 58.6 Å². The standard InChI is InChI=1S/C13H25N.C12H23N.C11H23N.C4H10/c1-9(2)14-11-7-6-10(8-11)12(14)13(3,4)5;1-12(2,3)11-8-9-6-4-5-7-10(9)13-11;1-9(2)12-8-6-7-10(12)11(3,4)5;1-4(2)3/h9-12H,6-8H2,1-5H3;9-11,13H,4-8H2,1-3H3;9-10H,6-8H2,1-5H3;4H,1-3H3. The molecule has 3 aliphatic heterocycles. The van der Waals surface area contributed by atoms with Crippen molar-refractivity contribution in [1.29, 1.82) is 0 Å². The van der Waals surface area contributed by atoms with Gasteiger partial charge in [0.2, 0.25) is 0 Å². The third-order valence-corrected chi connectivity index (χ3v) is 11.0. The predicted octanol–water partition coefficient (Wildman–Crippen LogP) is 10.8. The maximum absolute atomic E-state index is 3.83. The van der Waals surface area contributed by atoms with Crippen molar-refractivity contribution in [1.82, 2.24) is 15.1 Å². The molecule has 0 radical (unpaired) electrons. The van der Waals surface area contributed by atoms with Crippen LogP contribution >= 0.6 is 0 Å². The molecule has 2 saturated carbocycles. The van der Waals surface area contributed by atoms with Gasteiger partial charge in [0.25, 0.3) is 0 Å². The molecule has 43 heavy (non-hydrogen) atoms. The van der Waals surface area contributed by atoms with E-state index in [0.29, 0.717) is 16.2 Å². The first-order valence-corrected chi connectivity index (χ1v) is 18.9. The first kappa shape index (κ1) is 39.1. The van der Waals surface area contributed by atoms with Crippen LogP contribution in [0.1, 0.15) is 175 Å². The van der Waals surface area contributed by atoms with E-state index in [0.717, 1.165) is 60.0 Å². The molecule has 256 valence electrons. The lowest BCUT2D eigenvalue weighted by molar-refractivity contribution is 0.0327. The van der Waals surface area contributed by atoms with E-state index >= 15 is 0 Å². The normalized spacial score (nSPS) is 33.1. The molecule has 3 nitrogen and oxygen atoms in total. The third-order valence-electron chi connectivity index (χ3n) is 11.0. The van der Waals surface area contributed by atoms with Crippen LogP contribution in [0.3, 0.4) is 0 Å². The van der Waals surface area contributed by atoms with Crippen LogP contribution in [0.4, 0.5) is 0 Å². The zero-order valence-corrected chi connectivity index (χ0v) is 32.4. The summed E-state index contributed by atoms with van der Waals surface area (Å²) in [5, 5.41) is 3.83. The zero-order chi connectivity index (χ0) is 32.9. The Morgan fingerprint density at radius 1 is 0.581 bits per heavy atom. The van der Waals surface area contributed by atoms with E-state index in [4.69, 9.17) is 0 Å². The molecule has 7 atom stereocenters. The number of nitrogens with one attached hydrogen (secondary N) is 1. The Morgan fingerprint density at radius 3 is 1.58 bits per heavy atom. The second kappa shape index (κ2) is 16.1. The average Bonchev–Trinajstić information content (AvgIpc) is 3.65. The molecule has 5 rings (SSSR count). The van der Waals surface area contributed by atoms with Gasteiger partial charge in [-0.15, -0.1) is 0 Å². The van der Waals surface area contributed by atoms with Crippen molar-refractivity contribution >= 4 is 0 Å². The molecule has 3 saturated heterocycles. The predicted molar refractivity (Wildman–Crippen MR) is 193 cm³/mol. The summed E-state index contributed by atoms with van der Waals surface area (Å²) in [5.74, 6) is 2.82. The number of rotatable bonds is 2. The Labute approximate surface area is 272 Å². The number of fused-ring (bicyclic) bond motifs is 3. The average molecular weight is 604 g/mol. The van der Waals surface area contributed by atoms with Crippen molar-refractivity contribution in [3.8, 4) is 0 Å². The molecular weight excluding hydrogens is 522 g/mol. The summed E-state index contributed by atoms with van der Waals surface area (Å²) in [6.45, 7) is 38.5. The highest BCUT2D eigenvalue weighted by Gasteiger charge is 2.50. The summed E-state index contributed by atoms with van der Waals surface area (Å²) in [7, 11) is 0. The minimum Gasteiger partial charge on any atom is -0.310 e. The maximum atomic E-state index is 3.83. The first-order chi connectivity index (χ1) is 19.6. The maximum Gasteiger partial charge on any atom is 0.0178 e. The van der Waals surface area contributed by atoms with Gasteiger partial charge < -0.3 is 5.32 Å². The van der Waals surface area contributed by atoms with Crippen LogP contribution in [0, 0.1) is 34.0 Å². The van der Waals surface area contributed by atoms with E-state index in [2.05, 4.69) is 126 Å². The summed E-state index contributed by atoms with van der Waals surface area (Å²) < 4.78 is 0. The van der Waals surface area contributed by atoms with Crippen molar-refractivity contribution in [3.05, 3.63) is 0 Å². The number of likely N-dealkylation sites (tertiary alicyclic amines) is 2. The summed E-state index contributed by atoms with van der Waals surface area (Å²) in [6, 6.07) is 5.62. The molecule has 0 aromatic carbocycles. The monoisotopic (exact) mass is 604 g/mol. The van der Waals surface area contributed by atoms with E-state index in [9.17, 15) is 0 Å². The second-order valence-corrected chi connectivity index (χ2v) is 19.6. The molecule has 0 aromatic rings. The SMILES string of the molecule is CC(C)(C)C1CC2CCCCC2N1.CC(C)C.CC(C)N1C2CCC(C2)C1C(C)(C)C.CC(C)N1CCCC1C(C)(C)C. The summed E-state index contributed by atoms with van der Waals surface area (Å²) in [6.07, 6.45) is 14.4. The van der Waals surface area contributed by atoms with Crippen molar-refractivity contribution in [2.75, 3.05) is 6.54 Å². The molecule has 5 aliphatic rings. The van der Waals surface area contributed by atoms with Gasteiger partial charge in [0.05, 0.1) is 0 Å². The molecule has 2 aliphatic carbocycles. The van der Waals surface area contributed by atoms with E-state index < -0.39 is 0 Å². The van der Waals surface area contributed by atoms with Crippen LogP contribution in [0.5, 0.6) is 0 Å². The largest absolute Gasteiger partial charge is 0.310 e. The smallest absolute Gasteiger partial charge is 0.0178 e. The molecule has 7 unspecified atom stereocenters. The lowest BCUT2D eigenvalue weighted by Crippen LogP contribution is -2.51. The second-order valence-electron chi connectivity index (χ2n) is 19.6. The number of hydrogen-bond donors (Lipinski definition) is 1. The fourth-order valence-electron chi connectivity index (χ4n) is 9.20. The Kier molecular flexibility index (Phi) is 14.6. The Morgan fingerprint density at radius 2 is 1.16 bits per heavy atom. The van der Waals surface area contributed by atoms with E-state index in [1.165, 1.54) is 70.8 Å². The topological polar surface area (TPSA) is 18.5 Å². The molecule has 0 aromatic heterocycles. The quantitative estimate of drug-likeness (QED) is 0.339. The minimum atomic E-state index is 0.456. The Hall–Kier alpha value is -0.120. The number of hydrogen-bond acceptors (Lipinski definition) is 3. The van der Waals surface area contributed by atoms with Crippen LogP contribution < -0.4 is 5.32 Å². The lowest BCUT2D eigenvalue weighted by atomic mass is 9.78. The summed E-state index contributed by atoms with van der Waals surface area (Å²) in [4.78, 5) is 5.45. The van der Waals surface area contributed by atoms with E-state index in [1.54, 1.807) is 0 Å². The molecule has 2 bridgehead atoms. The molecule has 1 N–H and O–H groups in total. The van der Waals surface area contributed by atoms with Gasteiger partial charge in [0.1, 0.15) is 0 Å². The Balaban J connectivity index is 0.000000212. The number of nitrogens with zero attached hydrogens (tertiary/aromatic N) is 2. The van der Waals surface area contributed by atoms with Gasteiger partial charge in [-0.3, -0.25) is 9.80 Å². The van der Waals surface area contributed by atoms with Crippen LogP contribution in [0.25, 0.3) is 0 Å². The van der Waals surface area contributed by atoms with E-state index in [-0.39, 0.29) is 0 Å². The van der Waals surface area contributed by atoms with Gasteiger partial charge in [-0.2, -0.15) is 0 Å². The van der Waals surface area contributed by atoms with Crippen LogP contribution in [-0.2, 0) is 0 Å². The lowest BCUT2D eigenvalue weighted by Gasteiger charge is -2.45. The summed E-state index contributed by atoms with van der Waals surface area (Å²) in [5.41, 5.74) is 1.38. The highest BCUT2D eigenvalue weighted by Crippen LogP contribution is 2.49. The van der Waals surface area contributed by atoms with Crippen molar-refractivity contribution in [3.63, 3.8) is 0 Å². The highest BCUT2D eigenvalue weighted by atomic mass is 15.3. The molecular formula is C40H81N3. The zero-order valence-electron chi connectivity index (χ0n) is 32.4. The molecule has 3 heteroatoms. The van der Waals surface area contributed by atoms with Gasteiger partial charge in [0, 0.05) is 42.3 Å². The molecule has 3 heterocycles. The van der Waals surface area contributed by atoms with Crippen LogP contribution in [0.15, 0.2) is 0 Å². The van der Waals surface area contributed by atoms with Crippen LogP contribution in [0.2, 0.25) is 0 Å². The fourth-order valence-corrected chi connectivity index (χ4v) is 9.20. The van der Waals surface area contributed by atoms with Gasteiger partial charge in [-0.1, -0.05) is 95.9 Å². The van der Waals surface area contributed by atoms with E-state index in [1.807, 2.05) is 0 Å². The summed E-state index contributed by atoms with van der Waals surface area (Å²) >= 11 is 0. The number of piperidine rings is 1. The molecule has 5 fully saturated rings. The molecule has 0 amide bonds. The van der Waals surface area contributed by atoms with Gasteiger partial charge in [0.15, 0.2) is 0 Å². The van der Waals surface area contributed by atoms with Gasteiger partial charge in [-0.25, -0.2) is 0 Å².